The standard InChI is InChI=1S/C28H34N/c1-7-8-9-12-21-15-19(2)20(3)23(16-21)27-17-26-24(18-29(27)6)22-13-10-11-14-25(22)28(26,4)5/h10-11,13-18H,7-9,12H2,1-6H3/q+1. The molecule has 0 saturated carbocycles. The zero-order valence-electron chi connectivity index (χ0n) is 18.9. The number of benzene rings is 2. The van der Waals surface area contributed by atoms with E-state index < -0.39 is 0 Å². The SMILES string of the molecule is CCCCCc1cc(C)c(C)c(-c2cc3c(c[n+]2C)-c2ccccc2C3(C)C)c1. The van der Waals surface area contributed by atoms with Crippen LogP contribution in [0.15, 0.2) is 48.7 Å². The molecule has 1 heterocycles. The van der Waals surface area contributed by atoms with Gasteiger partial charge in [-0.25, -0.2) is 4.57 Å². The van der Waals surface area contributed by atoms with Crippen LogP contribution in [0.2, 0.25) is 0 Å². The molecule has 1 aromatic heterocycles. The number of fused-ring (bicyclic) bond motifs is 3. The molecule has 2 aromatic carbocycles. The van der Waals surface area contributed by atoms with Gasteiger partial charge in [-0.3, -0.25) is 0 Å². The summed E-state index contributed by atoms with van der Waals surface area (Å²) < 4.78 is 2.33. The number of pyridine rings is 1. The Morgan fingerprint density at radius 2 is 1.62 bits per heavy atom. The Bertz CT molecular complexity index is 1070. The minimum absolute atomic E-state index is 0.0383. The van der Waals surface area contributed by atoms with Gasteiger partial charge in [0.05, 0.1) is 5.56 Å². The van der Waals surface area contributed by atoms with Gasteiger partial charge < -0.3 is 0 Å². The Labute approximate surface area is 176 Å². The maximum atomic E-state index is 2.45. The van der Waals surface area contributed by atoms with Crippen LogP contribution in [0.5, 0.6) is 0 Å². The average Bonchev–Trinajstić information content (AvgIpc) is 2.91. The second-order valence-corrected chi connectivity index (χ2v) is 9.31. The molecule has 1 aliphatic carbocycles. The second-order valence-electron chi connectivity index (χ2n) is 9.31. The van der Waals surface area contributed by atoms with Crippen molar-refractivity contribution in [3.63, 3.8) is 0 Å². The van der Waals surface area contributed by atoms with Crippen LogP contribution in [0, 0.1) is 13.8 Å². The van der Waals surface area contributed by atoms with Gasteiger partial charge in [0.2, 0.25) is 5.69 Å². The summed E-state index contributed by atoms with van der Waals surface area (Å²) >= 11 is 0. The predicted molar refractivity (Wildman–Crippen MR) is 123 cm³/mol. The van der Waals surface area contributed by atoms with Crippen LogP contribution in [0.1, 0.15) is 67.9 Å². The first-order valence-corrected chi connectivity index (χ1v) is 11.1. The molecule has 0 saturated heterocycles. The van der Waals surface area contributed by atoms with Crippen LogP contribution in [-0.4, -0.2) is 0 Å². The van der Waals surface area contributed by atoms with Crippen LogP contribution in [0.4, 0.5) is 0 Å². The normalized spacial score (nSPS) is 14.0. The third-order valence-electron chi connectivity index (χ3n) is 6.91. The van der Waals surface area contributed by atoms with Crippen molar-refractivity contribution in [1.82, 2.24) is 0 Å². The Morgan fingerprint density at radius 3 is 2.38 bits per heavy atom. The zero-order chi connectivity index (χ0) is 20.8. The number of hydrogen-bond donors (Lipinski definition) is 0. The molecule has 0 atom stereocenters. The second kappa shape index (κ2) is 7.44. The summed E-state index contributed by atoms with van der Waals surface area (Å²) in [6.07, 6.45) is 7.37. The highest BCUT2D eigenvalue weighted by molar-refractivity contribution is 5.81. The molecular formula is C28H34N+. The van der Waals surface area contributed by atoms with E-state index in [2.05, 4.69) is 94.9 Å². The Balaban J connectivity index is 1.85. The summed E-state index contributed by atoms with van der Waals surface area (Å²) in [5.41, 5.74) is 12.7. The van der Waals surface area contributed by atoms with Gasteiger partial charge in [0.15, 0.2) is 6.20 Å². The summed E-state index contributed by atoms with van der Waals surface area (Å²) in [6.45, 7) is 11.5. The molecule has 0 fully saturated rings. The van der Waals surface area contributed by atoms with E-state index in [1.165, 1.54) is 75.9 Å². The third-order valence-corrected chi connectivity index (χ3v) is 6.91. The maximum absolute atomic E-state index is 2.45. The van der Waals surface area contributed by atoms with E-state index in [4.69, 9.17) is 0 Å². The van der Waals surface area contributed by atoms with Crippen molar-refractivity contribution in [3.8, 4) is 22.4 Å². The van der Waals surface area contributed by atoms with Crippen LogP contribution in [-0.2, 0) is 18.9 Å². The van der Waals surface area contributed by atoms with E-state index in [1.807, 2.05) is 0 Å². The van der Waals surface area contributed by atoms with Gasteiger partial charge >= 0.3 is 0 Å². The first-order chi connectivity index (χ1) is 13.8. The number of hydrogen-bond acceptors (Lipinski definition) is 0. The molecule has 0 spiro atoms. The molecule has 0 radical (unpaired) electrons. The molecule has 0 bridgehead atoms. The highest BCUT2D eigenvalue weighted by Crippen LogP contribution is 2.48. The van der Waals surface area contributed by atoms with Gasteiger partial charge in [-0.05, 0) is 66.1 Å². The Hall–Kier alpha value is -2.41. The summed E-state index contributed by atoms with van der Waals surface area (Å²) in [6, 6.07) is 16.2. The monoisotopic (exact) mass is 384 g/mol. The lowest BCUT2D eigenvalue weighted by atomic mass is 9.82. The Kier molecular flexibility index (Phi) is 5.11. The molecule has 0 amide bonds. The summed E-state index contributed by atoms with van der Waals surface area (Å²) in [4.78, 5) is 0. The molecule has 0 aliphatic heterocycles. The van der Waals surface area contributed by atoms with Crippen LogP contribution >= 0.6 is 0 Å². The first-order valence-electron chi connectivity index (χ1n) is 11.1. The molecule has 1 heteroatoms. The average molecular weight is 385 g/mol. The van der Waals surface area contributed by atoms with E-state index in [-0.39, 0.29) is 5.41 Å². The van der Waals surface area contributed by atoms with Gasteiger partial charge in [-0.2, -0.15) is 0 Å². The summed E-state index contributed by atoms with van der Waals surface area (Å²) in [5.74, 6) is 0. The molecule has 150 valence electrons. The van der Waals surface area contributed by atoms with Gasteiger partial charge in [-0.1, -0.05) is 63.9 Å². The fourth-order valence-corrected chi connectivity index (χ4v) is 4.98. The minimum Gasteiger partial charge on any atom is -0.200 e. The fourth-order valence-electron chi connectivity index (χ4n) is 4.98. The lowest BCUT2D eigenvalue weighted by Crippen LogP contribution is -2.32. The van der Waals surface area contributed by atoms with E-state index in [0.29, 0.717) is 0 Å². The highest BCUT2D eigenvalue weighted by atomic mass is 14.9. The summed E-state index contributed by atoms with van der Waals surface area (Å²) in [7, 11) is 2.20. The zero-order valence-corrected chi connectivity index (χ0v) is 18.9. The summed E-state index contributed by atoms with van der Waals surface area (Å²) in [5, 5.41) is 0. The van der Waals surface area contributed by atoms with Gasteiger partial charge in [0.25, 0.3) is 0 Å². The molecule has 0 N–H and O–H groups in total. The van der Waals surface area contributed by atoms with Crippen LogP contribution in [0.25, 0.3) is 22.4 Å². The van der Waals surface area contributed by atoms with E-state index >= 15 is 0 Å². The van der Waals surface area contributed by atoms with Gasteiger partial charge in [0, 0.05) is 17.0 Å². The number of nitrogens with zero attached hydrogens (tertiary/aromatic N) is 1. The third kappa shape index (κ3) is 3.31. The fraction of sp³-hybridized carbons (Fsp3) is 0.393. The molecular weight excluding hydrogens is 350 g/mol. The number of rotatable bonds is 5. The first kappa shape index (κ1) is 19.9. The van der Waals surface area contributed by atoms with Crippen molar-refractivity contribution in [2.45, 2.75) is 65.7 Å². The molecule has 3 aromatic rings. The van der Waals surface area contributed by atoms with Crippen molar-refractivity contribution in [3.05, 3.63) is 76.5 Å². The van der Waals surface area contributed by atoms with Crippen molar-refractivity contribution in [1.29, 1.82) is 0 Å². The number of aryl methyl sites for hydroxylation is 3. The lowest BCUT2D eigenvalue weighted by molar-refractivity contribution is -0.660. The van der Waals surface area contributed by atoms with Gasteiger partial charge in [0.1, 0.15) is 7.05 Å². The van der Waals surface area contributed by atoms with Crippen LogP contribution < -0.4 is 4.57 Å². The Morgan fingerprint density at radius 1 is 0.862 bits per heavy atom. The van der Waals surface area contributed by atoms with Crippen LogP contribution in [0.3, 0.4) is 0 Å². The molecule has 29 heavy (non-hydrogen) atoms. The van der Waals surface area contributed by atoms with Crippen molar-refractivity contribution < 1.29 is 4.57 Å². The number of unbranched alkanes of at least 4 members (excludes halogenated alkanes) is 2. The van der Waals surface area contributed by atoms with E-state index in [1.54, 1.807) is 0 Å². The largest absolute Gasteiger partial charge is 0.212 e. The highest BCUT2D eigenvalue weighted by Gasteiger charge is 2.38. The van der Waals surface area contributed by atoms with Gasteiger partial charge in [-0.15, -0.1) is 0 Å². The maximum Gasteiger partial charge on any atom is 0.212 e. The smallest absolute Gasteiger partial charge is 0.200 e. The lowest BCUT2D eigenvalue weighted by Gasteiger charge is -2.21. The molecule has 0 unspecified atom stereocenters. The van der Waals surface area contributed by atoms with Crippen molar-refractivity contribution >= 4 is 0 Å². The number of aromatic nitrogens is 1. The molecule has 1 aliphatic rings. The topological polar surface area (TPSA) is 3.88 Å². The predicted octanol–water partition coefficient (Wildman–Crippen LogP) is 6.83. The van der Waals surface area contributed by atoms with E-state index in [9.17, 15) is 0 Å². The minimum atomic E-state index is 0.0383. The molecule has 4 rings (SSSR count). The quantitative estimate of drug-likeness (QED) is 0.335. The van der Waals surface area contributed by atoms with Crippen molar-refractivity contribution in [2.75, 3.05) is 0 Å². The molecule has 1 nitrogen and oxygen atoms in total. The van der Waals surface area contributed by atoms with Crippen molar-refractivity contribution in [2.24, 2.45) is 7.05 Å². The van der Waals surface area contributed by atoms with E-state index in [0.717, 1.165) is 0 Å².